The van der Waals surface area contributed by atoms with E-state index >= 15 is 4.39 Å². The van der Waals surface area contributed by atoms with Crippen LogP contribution in [0.15, 0.2) is 72.9 Å². The number of fused-ring (bicyclic) bond motifs is 4. The predicted octanol–water partition coefficient (Wildman–Crippen LogP) is 6.69. The van der Waals surface area contributed by atoms with E-state index in [-0.39, 0.29) is 11.6 Å². The largest absolute Gasteiger partial charge is 0.481 e. The van der Waals surface area contributed by atoms with Gasteiger partial charge in [-0.15, -0.1) is 0 Å². The first kappa shape index (κ1) is 27.0. The summed E-state index contributed by atoms with van der Waals surface area (Å²) in [7, 11) is 0. The molecule has 2 N–H and O–H groups in total. The summed E-state index contributed by atoms with van der Waals surface area (Å²) in [6, 6.07) is 20.6. The molecule has 5 nitrogen and oxygen atoms in total. The normalized spacial score (nSPS) is 20.2. The van der Waals surface area contributed by atoms with E-state index in [0.29, 0.717) is 24.1 Å². The van der Waals surface area contributed by atoms with E-state index in [1.807, 2.05) is 30.5 Å². The fourth-order valence-electron chi connectivity index (χ4n) is 5.97. The fraction of sp³-hybridized carbons (Fsp3) is 0.344. The third kappa shape index (κ3) is 6.72. The van der Waals surface area contributed by atoms with Crippen LogP contribution in [0.3, 0.4) is 0 Å². The molecule has 0 saturated carbocycles. The summed E-state index contributed by atoms with van der Waals surface area (Å²) in [4.78, 5) is 17.2. The SMILES string of the molecule is CC(=O)O.Fc1ccc(CN(Cc2cc(-c3ccc4[nH]ccc4c3)ccc2F)CC23CCN(CC2)CC3)cc1. The smallest absolute Gasteiger partial charge is 0.300 e. The van der Waals surface area contributed by atoms with E-state index in [1.54, 1.807) is 6.07 Å². The van der Waals surface area contributed by atoms with Crippen molar-refractivity contribution in [2.45, 2.75) is 39.3 Å². The minimum atomic E-state index is -0.833. The molecule has 3 fully saturated rings. The summed E-state index contributed by atoms with van der Waals surface area (Å²) in [6.07, 6.45) is 5.54. The van der Waals surface area contributed by atoms with Gasteiger partial charge in [0.15, 0.2) is 0 Å². The summed E-state index contributed by atoms with van der Waals surface area (Å²) in [5.74, 6) is -1.23. The minimum absolute atomic E-state index is 0.170. The van der Waals surface area contributed by atoms with Crippen LogP contribution in [-0.4, -0.2) is 52.0 Å². The maximum Gasteiger partial charge on any atom is 0.300 e. The highest BCUT2D eigenvalue weighted by atomic mass is 19.1. The second-order valence-corrected chi connectivity index (χ2v) is 11.0. The molecule has 3 saturated heterocycles. The second-order valence-electron chi connectivity index (χ2n) is 11.0. The van der Waals surface area contributed by atoms with Crippen molar-refractivity contribution in [3.63, 3.8) is 0 Å². The van der Waals surface area contributed by atoms with Crippen molar-refractivity contribution in [1.82, 2.24) is 14.8 Å². The van der Waals surface area contributed by atoms with Gasteiger partial charge in [-0.3, -0.25) is 9.69 Å². The van der Waals surface area contributed by atoms with Crippen molar-refractivity contribution in [3.8, 4) is 11.1 Å². The molecule has 0 radical (unpaired) electrons. The van der Waals surface area contributed by atoms with Gasteiger partial charge >= 0.3 is 0 Å². The van der Waals surface area contributed by atoms with Crippen molar-refractivity contribution in [3.05, 3.63) is 95.7 Å². The van der Waals surface area contributed by atoms with Gasteiger partial charge in [0.1, 0.15) is 11.6 Å². The maximum absolute atomic E-state index is 15.1. The molecule has 0 aliphatic carbocycles. The topological polar surface area (TPSA) is 59.6 Å². The Balaban J connectivity index is 0.000000723. The van der Waals surface area contributed by atoms with Gasteiger partial charge in [-0.25, -0.2) is 8.78 Å². The lowest BCUT2D eigenvalue weighted by atomic mass is 9.71. The van der Waals surface area contributed by atoms with Gasteiger partial charge in [-0.2, -0.15) is 0 Å². The average molecular weight is 532 g/mol. The van der Waals surface area contributed by atoms with Gasteiger partial charge in [0.05, 0.1) is 0 Å². The Morgan fingerprint density at radius 2 is 1.56 bits per heavy atom. The van der Waals surface area contributed by atoms with Gasteiger partial charge in [0, 0.05) is 43.8 Å². The summed E-state index contributed by atoms with van der Waals surface area (Å²) >= 11 is 0. The summed E-state index contributed by atoms with van der Waals surface area (Å²) in [6.45, 7) is 6.73. The molecule has 0 amide bonds. The van der Waals surface area contributed by atoms with Gasteiger partial charge in [-0.05, 0) is 109 Å². The number of carboxylic acid groups (broad SMARTS) is 1. The van der Waals surface area contributed by atoms with E-state index < -0.39 is 5.97 Å². The molecule has 2 bridgehead atoms. The highest BCUT2D eigenvalue weighted by Crippen LogP contribution is 2.41. The quantitative estimate of drug-likeness (QED) is 0.279. The first-order valence-electron chi connectivity index (χ1n) is 13.5. The number of rotatable bonds is 7. The average Bonchev–Trinajstić information content (AvgIpc) is 3.40. The molecule has 0 unspecified atom stereocenters. The van der Waals surface area contributed by atoms with Crippen LogP contribution in [0.1, 0.15) is 37.3 Å². The Bertz CT molecular complexity index is 1410. The molecule has 0 spiro atoms. The number of aliphatic carboxylic acids is 1. The van der Waals surface area contributed by atoms with Gasteiger partial charge in [0.25, 0.3) is 5.97 Å². The number of aromatic nitrogens is 1. The van der Waals surface area contributed by atoms with Crippen LogP contribution in [0.25, 0.3) is 22.0 Å². The molecule has 1 aromatic heterocycles. The van der Waals surface area contributed by atoms with Crippen LogP contribution in [-0.2, 0) is 17.9 Å². The molecule has 0 atom stereocenters. The van der Waals surface area contributed by atoms with Crippen LogP contribution in [0.5, 0.6) is 0 Å². The second kappa shape index (κ2) is 11.7. The molecule has 4 aromatic rings. The third-order valence-electron chi connectivity index (χ3n) is 8.08. The van der Waals surface area contributed by atoms with Gasteiger partial charge in [-0.1, -0.05) is 24.3 Å². The summed E-state index contributed by atoms with van der Waals surface area (Å²) in [5, 5.41) is 8.56. The molecule has 3 aliphatic heterocycles. The molecule has 39 heavy (non-hydrogen) atoms. The van der Waals surface area contributed by atoms with Crippen LogP contribution in [0.4, 0.5) is 8.78 Å². The number of piperidine rings is 3. The number of nitrogens with zero attached hydrogens (tertiary/aromatic N) is 2. The number of hydrogen-bond acceptors (Lipinski definition) is 3. The number of halogens is 2. The number of carbonyl (C=O) groups is 1. The molecule has 3 aromatic carbocycles. The minimum Gasteiger partial charge on any atom is -0.481 e. The molecule has 3 aliphatic rings. The molecular weight excluding hydrogens is 496 g/mol. The first-order chi connectivity index (χ1) is 18.8. The Morgan fingerprint density at radius 1 is 0.923 bits per heavy atom. The first-order valence-corrected chi connectivity index (χ1v) is 13.5. The predicted molar refractivity (Wildman–Crippen MR) is 150 cm³/mol. The van der Waals surface area contributed by atoms with E-state index in [1.165, 1.54) is 31.4 Å². The number of aromatic amines is 1. The molecule has 7 rings (SSSR count). The molecule has 4 heterocycles. The monoisotopic (exact) mass is 531 g/mol. The van der Waals surface area contributed by atoms with Gasteiger partial charge < -0.3 is 15.0 Å². The van der Waals surface area contributed by atoms with E-state index in [0.717, 1.165) is 60.7 Å². The zero-order chi connectivity index (χ0) is 27.4. The highest BCUT2D eigenvalue weighted by molar-refractivity contribution is 5.85. The molecular formula is C32H35F2N3O2. The van der Waals surface area contributed by atoms with Crippen LogP contribution in [0, 0.1) is 17.0 Å². The third-order valence-corrected chi connectivity index (χ3v) is 8.08. The lowest BCUT2D eigenvalue weighted by Gasteiger charge is -2.50. The Labute approximate surface area is 228 Å². The summed E-state index contributed by atoms with van der Waals surface area (Å²) in [5.41, 5.74) is 5.27. The zero-order valence-electron chi connectivity index (χ0n) is 22.3. The highest BCUT2D eigenvalue weighted by Gasteiger charge is 2.40. The van der Waals surface area contributed by atoms with Crippen LogP contribution in [0.2, 0.25) is 0 Å². The lowest BCUT2D eigenvalue weighted by Crippen LogP contribution is -2.52. The van der Waals surface area contributed by atoms with Crippen LogP contribution < -0.4 is 0 Å². The number of H-pyrrole nitrogens is 1. The standard InChI is InChI=1S/C30H31F2N3.C2H4O2/c31-27-5-1-22(2-6-27)19-35(21-30-10-14-34(15-11-30)16-12-30)20-26-18-23(3-7-28(26)32)24-4-8-29-25(17-24)9-13-33-29;1-2(3)4/h1-9,13,17-18,33H,10-12,14-16,19-21H2;1H3,(H,3,4). The molecule has 204 valence electrons. The number of carboxylic acids is 1. The van der Waals surface area contributed by atoms with Crippen molar-refractivity contribution < 1.29 is 18.7 Å². The van der Waals surface area contributed by atoms with Crippen molar-refractivity contribution in [1.29, 1.82) is 0 Å². The number of hydrogen-bond donors (Lipinski definition) is 2. The van der Waals surface area contributed by atoms with Gasteiger partial charge in [0.2, 0.25) is 0 Å². The van der Waals surface area contributed by atoms with E-state index in [2.05, 4.69) is 39.0 Å². The van der Waals surface area contributed by atoms with E-state index in [9.17, 15) is 4.39 Å². The fourth-order valence-corrected chi connectivity index (χ4v) is 5.97. The van der Waals surface area contributed by atoms with Crippen LogP contribution >= 0.6 is 0 Å². The Hall–Kier alpha value is -3.55. The van der Waals surface area contributed by atoms with Crippen molar-refractivity contribution in [2.24, 2.45) is 5.41 Å². The Morgan fingerprint density at radius 3 is 2.26 bits per heavy atom. The van der Waals surface area contributed by atoms with Crippen molar-refractivity contribution in [2.75, 3.05) is 26.2 Å². The zero-order valence-corrected chi connectivity index (χ0v) is 22.3. The summed E-state index contributed by atoms with van der Waals surface area (Å²) < 4.78 is 28.6. The Kier molecular flexibility index (Phi) is 8.10. The number of benzene rings is 3. The van der Waals surface area contributed by atoms with E-state index in [4.69, 9.17) is 9.90 Å². The van der Waals surface area contributed by atoms with Crippen molar-refractivity contribution >= 4 is 16.9 Å². The number of nitrogens with one attached hydrogen (secondary N) is 1. The molecule has 7 heteroatoms. The lowest BCUT2D eigenvalue weighted by molar-refractivity contribution is -0.134. The maximum atomic E-state index is 15.1.